The van der Waals surface area contributed by atoms with E-state index in [-0.39, 0.29) is 5.75 Å². The Morgan fingerprint density at radius 2 is 1.96 bits per heavy atom. The molecule has 2 heterocycles. The third-order valence-corrected chi connectivity index (χ3v) is 4.13. The van der Waals surface area contributed by atoms with Crippen LogP contribution in [0.3, 0.4) is 0 Å². The predicted molar refractivity (Wildman–Crippen MR) is 93.4 cm³/mol. The van der Waals surface area contributed by atoms with Crippen LogP contribution in [-0.4, -0.2) is 31.2 Å². The van der Waals surface area contributed by atoms with Gasteiger partial charge in [0, 0.05) is 13.1 Å². The van der Waals surface area contributed by atoms with E-state index in [1.807, 2.05) is 23.6 Å². The first-order valence-corrected chi connectivity index (χ1v) is 8.08. The molecule has 120 valence electrons. The molecule has 8 heteroatoms. The maximum absolute atomic E-state index is 9.28. The normalized spacial score (nSPS) is 11.0. The van der Waals surface area contributed by atoms with Gasteiger partial charge in [0.15, 0.2) is 21.7 Å². The SMILES string of the molecule is CCn1c(Br)nc2c(N)nc(NCCc3ccc(O)cc3)nc21. The number of nitrogens with zero attached hydrogens (tertiary/aromatic N) is 4. The number of aromatic hydroxyl groups is 1. The Balaban J connectivity index is 1.76. The first-order valence-electron chi connectivity index (χ1n) is 7.29. The molecular weight excluding hydrogens is 360 g/mol. The van der Waals surface area contributed by atoms with Crippen molar-refractivity contribution in [1.29, 1.82) is 0 Å². The van der Waals surface area contributed by atoms with E-state index in [1.165, 1.54) is 0 Å². The van der Waals surface area contributed by atoms with Crippen molar-refractivity contribution in [3.8, 4) is 5.75 Å². The Kier molecular flexibility index (Phi) is 4.33. The third-order valence-electron chi connectivity index (χ3n) is 3.52. The fourth-order valence-corrected chi connectivity index (χ4v) is 2.93. The number of aromatic nitrogens is 4. The molecule has 23 heavy (non-hydrogen) atoms. The van der Waals surface area contributed by atoms with Gasteiger partial charge in [0.2, 0.25) is 5.95 Å². The highest BCUT2D eigenvalue weighted by Crippen LogP contribution is 2.23. The molecule has 2 aromatic heterocycles. The van der Waals surface area contributed by atoms with Crippen LogP contribution in [0.4, 0.5) is 11.8 Å². The standard InChI is InChI=1S/C15H17BrN6O/c1-2-22-13-11(19-14(22)16)12(17)20-15(21-13)18-8-7-9-3-5-10(23)6-4-9/h3-6,23H,2,7-8H2,1H3,(H3,17,18,20,21). The number of nitrogens with two attached hydrogens (primary N) is 1. The fraction of sp³-hybridized carbons (Fsp3) is 0.267. The molecule has 0 aliphatic heterocycles. The van der Waals surface area contributed by atoms with Crippen LogP contribution < -0.4 is 11.1 Å². The van der Waals surface area contributed by atoms with E-state index in [2.05, 4.69) is 36.2 Å². The molecule has 0 bridgehead atoms. The monoisotopic (exact) mass is 376 g/mol. The fourth-order valence-electron chi connectivity index (χ4n) is 2.34. The lowest BCUT2D eigenvalue weighted by Gasteiger charge is -2.07. The number of anilines is 2. The van der Waals surface area contributed by atoms with Gasteiger partial charge in [0.05, 0.1) is 0 Å². The number of fused-ring (bicyclic) bond motifs is 1. The average molecular weight is 377 g/mol. The summed E-state index contributed by atoms with van der Waals surface area (Å²) in [7, 11) is 0. The zero-order chi connectivity index (χ0) is 16.4. The molecule has 3 aromatic rings. The summed E-state index contributed by atoms with van der Waals surface area (Å²) < 4.78 is 2.62. The first-order chi connectivity index (χ1) is 11.1. The second kappa shape index (κ2) is 6.41. The number of phenolic OH excluding ortho intramolecular Hbond substituents is 1. The Labute approximate surface area is 141 Å². The summed E-state index contributed by atoms with van der Waals surface area (Å²) in [4.78, 5) is 13.1. The van der Waals surface area contributed by atoms with Crippen molar-refractivity contribution in [1.82, 2.24) is 19.5 Å². The van der Waals surface area contributed by atoms with Gasteiger partial charge in [-0.2, -0.15) is 9.97 Å². The van der Waals surface area contributed by atoms with E-state index in [0.29, 0.717) is 34.2 Å². The van der Waals surface area contributed by atoms with Gasteiger partial charge < -0.3 is 20.7 Å². The average Bonchev–Trinajstić information content (AvgIpc) is 2.85. The minimum atomic E-state index is 0.265. The van der Waals surface area contributed by atoms with Crippen molar-refractivity contribution >= 4 is 38.9 Å². The van der Waals surface area contributed by atoms with Crippen LogP contribution >= 0.6 is 15.9 Å². The van der Waals surface area contributed by atoms with E-state index in [0.717, 1.165) is 18.5 Å². The van der Waals surface area contributed by atoms with E-state index >= 15 is 0 Å². The van der Waals surface area contributed by atoms with E-state index in [1.54, 1.807) is 12.1 Å². The number of halogens is 1. The van der Waals surface area contributed by atoms with E-state index in [9.17, 15) is 5.11 Å². The van der Waals surface area contributed by atoms with Crippen molar-refractivity contribution in [3.63, 3.8) is 0 Å². The Hall–Kier alpha value is -2.35. The van der Waals surface area contributed by atoms with Crippen LogP contribution in [0.2, 0.25) is 0 Å². The van der Waals surface area contributed by atoms with Crippen LogP contribution in [-0.2, 0) is 13.0 Å². The lowest BCUT2D eigenvalue weighted by Crippen LogP contribution is -2.10. The topological polar surface area (TPSA) is 102 Å². The molecule has 0 spiro atoms. The lowest BCUT2D eigenvalue weighted by atomic mass is 10.1. The van der Waals surface area contributed by atoms with Crippen LogP contribution in [0.15, 0.2) is 29.0 Å². The van der Waals surface area contributed by atoms with Crippen molar-refractivity contribution in [3.05, 3.63) is 34.6 Å². The molecule has 0 radical (unpaired) electrons. The number of phenols is 1. The summed E-state index contributed by atoms with van der Waals surface area (Å²) in [5.41, 5.74) is 8.40. The molecule has 0 aliphatic rings. The largest absolute Gasteiger partial charge is 0.508 e. The van der Waals surface area contributed by atoms with Gasteiger partial charge in [0.1, 0.15) is 5.75 Å². The van der Waals surface area contributed by atoms with Gasteiger partial charge in [-0.15, -0.1) is 0 Å². The number of imidazole rings is 1. The second-order valence-corrected chi connectivity index (χ2v) is 5.78. The number of hydrogen-bond acceptors (Lipinski definition) is 6. The molecule has 1 aromatic carbocycles. The summed E-state index contributed by atoms with van der Waals surface area (Å²) in [5, 5.41) is 12.5. The zero-order valence-corrected chi connectivity index (χ0v) is 14.2. The zero-order valence-electron chi connectivity index (χ0n) is 12.6. The van der Waals surface area contributed by atoms with Crippen LogP contribution in [0, 0.1) is 0 Å². The minimum absolute atomic E-state index is 0.265. The van der Waals surface area contributed by atoms with E-state index < -0.39 is 0 Å². The lowest BCUT2D eigenvalue weighted by molar-refractivity contribution is 0.475. The van der Waals surface area contributed by atoms with Crippen LogP contribution in [0.25, 0.3) is 11.2 Å². The van der Waals surface area contributed by atoms with Crippen LogP contribution in [0.5, 0.6) is 5.75 Å². The van der Waals surface area contributed by atoms with Gasteiger partial charge in [-0.25, -0.2) is 4.98 Å². The molecule has 7 nitrogen and oxygen atoms in total. The highest BCUT2D eigenvalue weighted by atomic mass is 79.9. The number of benzene rings is 1. The predicted octanol–water partition coefficient (Wildman–Crippen LogP) is 2.55. The number of aryl methyl sites for hydroxylation is 1. The van der Waals surface area contributed by atoms with Crippen molar-refractivity contribution in [2.45, 2.75) is 19.9 Å². The molecular formula is C15H17BrN6O. The molecule has 0 aliphatic carbocycles. The van der Waals surface area contributed by atoms with Crippen molar-refractivity contribution in [2.75, 3.05) is 17.6 Å². The molecule has 0 unspecified atom stereocenters. The summed E-state index contributed by atoms with van der Waals surface area (Å²) in [5.74, 6) is 1.10. The van der Waals surface area contributed by atoms with Gasteiger partial charge in [-0.05, 0) is 47.0 Å². The maximum Gasteiger partial charge on any atom is 0.226 e. The third kappa shape index (κ3) is 3.21. The number of rotatable bonds is 5. The molecule has 0 atom stereocenters. The smallest absolute Gasteiger partial charge is 0.226 e. The van der Waals surface area contributed by atoms with Crippen molar-refractivity contribution < 1.29 is 5.11 Å². The van der Waals surface area contributed by atoms with Gasteiger partial charge in [0.25, 0.3) is 0 Å². The van der Waals surface area contributed by atoms with Crippen molar-refractivity contribution in [2.24, 2.45) is 0 Å². The number of hydrogen-bond donors (Lipinski definition) is 3. The molecule has 0 saturated carbocycles. The molecule has 0 saturated heterocycles. The number of nitrogens with one attached hydrogen (secondary N) is 1. The summed E-state index contributed by atoms with van der Waals surface area (Å²) in [6.07, 6.45) is 0.790. The van der Waals surface area contributed by atoms with Gasteiger partial charge in [-0.1, -0.05) is 12.1 Å². The van der Waals surface area contributed by atoms with Gasteiger partial charge >= 0.3 is 0 Å². The molecule has 4 N–H and O–H groups in total. The highest BCUT2D eigenvalue weighted by molar-refractivity contribution is 9.10. The quantitative estimate of drug-likeness (QED) is 0.591. The van der Waals surface area contributed by atoms with Gasteiger partial charge in [-0.3, -0.25) is 0 Å². The minimum Gasteiger partial charge on any atom is -0.508 e. The highest BCUT2D eigenvalue weighted by Gasteiger charge is 2.14. The molecule has 3 rings (SSSR count). The first kappa shape index (κ1) is 15.5. The Morgan fingerprint density at radius 3 is 2.65 bits per heavy atom. The Morgan fingerprint density at radius 1 is 1.22 bits per heavy atom. The summed E-state index contributed by atoms with van der Waals surface area (Å²) in [6.45, 7) is 3.42. The van der Waals surface area contributed by atoms with Crippen LogP contribution in [0.1, 0.15) is 12.5 Å². The molecule has 0 fully saturated rings. The molecule has 0 amide bonds. The Bertz CT molecular complexity index is 830. The maximum atomic E-state index is 9.28. The second-order valence-electron chi connectivity index (χ2n) is 5.07. The van der Waals surface area contributed by atoms with E-state index in [4.69, 9.17) is 5.73 Å². The summed E-state index contributed by atoms with van der Waals surface area (Å²) in [6, 6.07) is 7.12. The number of nitrogen functional groups attached to an aromatic ring is 1. The summed E-state index contributed by atoms with van der Waals surface area (Å²) >= 11 is 3.41.